The number of fused-ring (bicyclic) bond motifs is 1. The Morgan fingerprint density at radius 2 is 1.56 bits per heavy atom. The Hall–Kier alpha value is -2.35. The summed E-state index contributed by atoms with van der Waals surface area (Å²) in [7, 11) is 0. The number of nitrogens with zero attached hydrogens (tertiary/aromatic N) is 1. The van der Waals surface area contributed by atoms with Gasteiger partial charge in [0.05, 0.1) is 6.54 Å². The molecule has 0 radical (unpaired) electrons. The smallest absolute Gasteiger partial charge is 0.223 e. The number of benzene rings is 2. The fraction of sp³-hybridized carbons (Fsp3) is 0.0625. The van der Waals surface area contributed by atoms with Gasteiger partial charge >= 0.3 is 0 Å². The summed E-state index contributed by atoms with van der Waals surface area (Å²) in [4.78, 5) is 4.52. The maximum absolute atomic E-state index is 5.61. The van der Waals surface area contributed by atoms with Crippen molar-refractivity contribution in [3.8, 4) is 0 Å². The first-order valence-corrected chi connectivity index (χ1v) is 5.89. The highest BCUT2D eigenvalue weighted by Gasteiger charge is 2.21. The predicted octanol–water partition coefficient (Wildman–Crippen LogP) is 3.63. The first-order chi connectivity index (χ1) is 8.84. The first-order valence-electron chi connectivity index (χ1n) is 5.89. The topological polar surface area (TPSA) is 21.6 Å². The Bertz CT molecular complexity index is 614. The quantitative estimate of drug-likeness (QED) is 0.778. The van der Waals surface area contributed by atoms with Crippen molar-refractivity contribution in [1.82, 2.24) is 0 Å². The summed E-state index contributed by atoms with van der Waals surface area (Å²) < 4.78 is 5.61. The van der Waals surface area contributed by atoms with Crippen LogP contribution in [0.4, 0.5) is 0 Å². The molecular weight excluding hydrogens is 222 g/mol. The van der Waals surface area contributed by atoms with Gasteiger partial charge in [0, 0.05) is 11.1 Å². The third-order valence-electron chi connectivity index (χ3n) is 2.93. The molecule has 0 aromatic heterocycles. The van der Waals surface area contributed by atoms with E-state index < -0.39 is 0 Å². The normalized spacial score (nSPS) is 15.6. The van der Waals surface area contributed by atoms with Crippen molar-refractivity contribution in [3.05, 3.63) is 77.9 Å². The Balaban J connectivity index is 1.89. The van der Waals surface area contributed by atoms with Crippen molar-refractivity contribution in [2.24, 2.45) is 4.99 Å². The lowest BCUT2D eigenvalue weighted by molar-refractivity contribution is 0.523. The molecule has 0 spiro atoms. The van der Waals surface area contributed by atoms with Gasteiger partial charge in [0.1, 0.15) is 5.76 Å². The van der Waals surface area contributed by atoms with E-state index in [1.807, 2.05) is 42.5 Å². The molecule has 1 aliphatic heterocycles. The van der Waals surface area contributed by atoms with Crippen molar-refractivity contribution in [3.63, 3.8) is 0 Å². The van der Waals surface area contributed by atoms with Crippen molar-refractivity contribution in [2.45, 2.75) is 6.54 Å². The minimum Gasteiger partial charge on any atom is -0.439 e. The van der Waals surface area contributed by atoms with Gasteiger partial charge in [0.25, 0.3) is 0 Å². The molecule has 0 amide bonds. The molecule has 88 valence electrons. The molecule has 2 aromatic carbocycles. The zero-order valence-corrected chi connectivity index (χ0v) is 9.97. The lowest BCUT2D eigenvalue weighted by Crippen LogP contribution is -1.98. The van der Waals surface area contributed by atoms with Gasteiger partial charge in [-0.15, -0.1) is 0 Å². The van der Waals surface area contributed by atoms with E-state index in [1.54, 1.807) is 0 Å². The maximum Gasteiger partial charge on any atom is 0.223 e. The van der Waals surface area contributed by atoms with Crippen LogP contribution in [0.15, 0.2) is 66.2 Å². The predicted molar refractivity (Wildman–Crippen MR) is 73.2 cm³/mol. The molecule has 0 unspecified atom stereocenters. The maximum atomic E-state index is 5.61. The molecule has 2 heteroatoms. The number of hydrogen-bond acceptors (Lipinski definition) is 2. The third-order valence-corrected chi connectivity index (χ3v) is 2.93. The summed E-state index contributed by atoms with van der Waals surface area (Å²) in [5, 5.41) is 0. The fourth-order valence-corrected chi connectivity index (χ4v) is 2.00. The SMILES string of the molecule is C=C1OC(=NCc2ccccc2)c2ccccc21. The molecule has 0 N–H and O–H groups in total. The van der Waals surface area contributed by atoms with E-state index in [0.29, 0.717) is 18.2 Å². The van der Waals surface area contributed by atoms with Crippen LogP contribution in [0.3, 0.4) is 0 Å². The van der Waals surface area contributed by atoms with E-state index in [9.17, 15) is 0 Å². The second-order valence-corrected chi connectivity index (χ2v) is 4.18. The highest BCUT2D eigenvalue weighted by Crippen LogP contribution is 2.28. The minimum atomic E-state index is 0.623. The molecule has 1 aliphatic rings. The summed E-state index contributed by atoms with van der Waals surface area (Å²) in [5.41, 5.74) is 3.23. The van der Waals surface area contributed by atoms with E-state index in [1.165, 1.54) is 5.56 Å². The molecule has 2 nitrogen and oxygen atoms in total. The van der Waals surface area contributed by atoms with Crippen LogP contribution in [0.25, 0.3) is 5.76 Å². The van der Waals surface area contributed by atoms with Crippen LogP contribution in [0.5, 0.6) is 0 Å². The molecule has 0 saturated heterocycles. The molecule has 2 aromatic rings. The van der Waals surface area contributed by atoms with Gasteiger partial charge in [-0.05, 0) is 11.6 Å². The zero-order valence-electron chi connectivity index (χ0n) is 9.97. The Kier molecular flexibility index (Phi) is 2.69. The number of hydrogen-bond donors (Lipinski definition) is 0. The zero-order chi connectivity index (χ0) is 12.4. The summed E-state index contributed by atoms with van der Waals surface area (Å²) in [6, 6.07) is 18.1. The largest absolute Gasteiger partial charge is 0.439 e. The average Bonchev–Trinajstić information content (AvgIpc) is 2.75. The van der Waals surface area contributed by atoms with E-state index in [0.717, 1.165) is 11.1 Å². The number of aliphatic imine (C=N–C) groups is 1. The summed E-state index contributed by atoms with van der Waals surface area (Å²) in [6.45, 7) is 4.52. The molecule has 0 aliphatic carbocycles. The number of ether oxygens (including phenoxy) is 1. The molecule has 1 heterocycles. The fourth-order valence-electron chi connectivity index (χ4n) is 2.00. The molecule has 0 bridgehead atoms. The Labute approximate surface area is 106 Å². The van der Waals surface area contributed by atoms with Crippen LogP contribution in [-0.2, 0) is 11.3 Å². The average molecular weight is 235 g/mol. The number of rotatable bonds is 2. The standard InChI is InChI=1S/C16H13NO/c1-12-14-9-5-6-10-15(14)16(18-12)17-11-13-7-3-2-4-8-13/h2-10H,1,11H2. The van der Waals surface area contributed by atoms with Crippen molar-refractivity contribution >= 4 is 11.7 Å². The van der Waals surface area contributed by atoms with E-state index in [-0.39, 0.29) is 0 Å². The third kappa shape index (κ3) is 1.93. The summed E-state index contributed by atoms with van der Waals surface area (Å²) in [5.74, 6) is 1.34. The van der Waals surface area contributed by atoms with Gasteiger partial charge in [-0.2, -0.15) is 0 Å². The van der Waals surface area contributed by atoms with Gasteiger partial charge in [-0.3, -0.25) is 0 Å². The van der Waals surface area contributed by atoms with Crippen LogP contribution < -0.4 is 0 Å². The second kappa shape index (κ2) is 4.49. The summed E-state index contributed by atoms with van der Waals surface area (Å²) >= 11 is 0. The molecule has 18 heavy (non-hydrogen) atoms. The monoisotopic (exact) mass is 235 g/mol. The van der Waals surface area contributed by atoms with Crippen molar-refractivity contribution in [1.29, 1.82) is 0 Å². The van der Waals surface area contributed by atoms with Gasteiger partial charge in [0.15, 0.2) is 0 Å². The highest BCUT2D eigenvalue weighted by atomic mass is 16.5. The lowest BCUT2D eigenvalue weighted by Gasteiger charge is -1.99. The van der Waals surface area contributed by atoms with E-state index >= 15 is 0 Å². The molecular formula is C16H13NO. The van der Waals surface area contributed by atoms with Gasteiger partial charge in [-0.1, -0.05) is 55.1 Å². The Morgan fingerprint density at radius 1 is 0.889 bits per heavy atom. The lowest BCUT2D eigenvalue weighted by atomic mass is 10.1. The minimum absolute atomic E-state index is 0.623. The van der Waals surface area contributed by atoms with Crippen LogP contribution in [0.1, 0.15) is 16.7 Å². The van der Waals surface area contributed by atoms with Crippen molar-refractivity contribution in [2.75, 3.05) is 0 Å². The molecule has 3 rings (SSSR count). The van der Waals surface area contributed by atoms with Crippen LogP contribution in [0, 0.1) is 0 Å². The van der Waals surface area contributed by atoms with Crippen molar-refractivity contribution < 1.29 is 4.74 Å². The molecule has 0 saturated carbocycles. The summed E-state index contributed by atoms with van der Waals surface area (Å²) in [6.07, 6.45) is 0. The highest BCUT2D eigenvalue weighted by molar-refractivity contribution is 6.05. The van der Waals surface area contributed by atoms with Crippen LogP contribution >= 0.6 is 0 Å². The molecule has 0 atom stereocenters. The molecule has 0 fully saturated rings. The van der Waals surface area contributed by atoms with Gasteiger partial charge in [0.2, 0.25) is 5.90 Å². The van der Waals surface area contributed by atoms with Crippen LogP contribution in [0.2, 0.25) is 0 Å². The first kappa shape index (κ1) is 10.8. The Morgan fingerprint density at radius 3 is 2.33 bits per heavy atom. The van der Waals surface area contributed by atoms with Gasteiger partial charge in [-0.25, -0.2) is 4.99 Å². The van der Waals surface area contributed by atoms with Gasteiger partial charge < -0.3 is 4.74 Å². The van der Waals surface area contributed by atoms with Crippen LogP contribution in [-0.4, -0.2) is 5.90 Å². The second-order valence-electron chi connectivity index (χ2n) is 4.18. The van der Waals surface area contributed by atoms with E-state index in [2.05, 4.69) is 23.7 Å². The van der Waals surface area contributed by atoms with E-state index in [4.69, 9.17) is 4.74 Å².